The summed E-state index contributed by atoms with van der Waals surface area (Å²) in [6.07, 6.45) is 36.4. The monoisotopic (exact) mass is 732 g/mol. The molecule has 0 aliphatic heterocycles. The van der Waals surface area contributed by atoms with Gasteiger partial charge in [0.05, 0.1) is 34.4 Å². The van der Waals surface area contributed by atoms with E-state index in [9.17, 15) is 14.3 Å². The zero-order chi connectivity index (χ0) is 37.0. The number of carbonyl (C=O) groups is 1. The number of hydrogen-bond donors (Lipinski definition) is 0. The predicted molar refractivity (Wildman–Crippen MR) is 208 cm³/mol. The van der Waals surface area contributed by atoms with E-state index >= 15 is 0 Å². The van der Waals surface area contributed by atoms with Crippen LogP contribution in [0.2, 0.25) is 0 Å². The van der Waals surface area contributed by atoms with Crippen LogP contribution in [0, 0.1) is 0 Å². The van der Waals surface area contributed by atoms with Crippen molar-refractivity contribution in [3.63, 3.8) is 0 Å². The zero-order valence-corrected chi connectivity index (χ0v) is 34.5. The standard InChI is InChI=1S/C41H82NO7P/c1-6-8-10-12-14-16-18-20-21-22-23-25-27-29-31-33-36-46-38-40(39-48-50(44,45)47-37-35-42(3,4)5)49-41(43)34-32-30-28-26-24-19-17-15-13-11-9-7-2/h20-21,40H,6-19,22-39H2,1-5H3/b21-20-. The first-order valence-electron chi connectivity index (χ1n) is 20.9. The molecule has 0 aliphatic carbocycles. The van der Waals surface area contributed by atoms with Gasteiger partial charge in [-0.15, -0.1) is 0 Å². The van der Waals surface area contributed by atoms with Gasteiger partial charge in [-0.25, -0.2) is 0 Å². The van der Waals surface area contributed by atoms with E-state index in [1.165, 1.54) is 135 Å². The molecule has 9 heteroatoms. The quantitative estimate of drug-likeness (QED) is 0.0204. The van der Waals surface area contributed by atoms with Crippen LogP contribution in [0.5, 0.6) is 0 Å². The van der Waals surface area contributed by atoms with E-state index in [-0.39, 0.29) is 25.8 Å². The zero-order valence-electron chi connectivity index (χ0n) is 33.6. The maximum Gasteiger partial charge on any atom is 0.306 e. The van der Waals surface area contributed by atoms with Crippen molar-refractivity contribution in [3.8, 4) is 0 Å². The highest BCUT2D eigenvalue weighted by atomic mass is 31.2. The molecule has 50 heavy (non-hydrogen) atoms. The molecule has 0 aromatic carbocycles. The number of phosphoric acid groups is 1. The van der Waals surface area contributed by atoms with E-state index < -0.39 is 13.9 Å². The molecule has 298 valence electrons. The average Bonchev–Trinajstić information content (AvgIpc) is 3.06. The number of quaternary nitrogens is 1. The fourth-order valence-corrected chi connectivity index (χ4v) is 6.50. The molecule has 0 bridgehead atoms. The molecule has 0 aromatic rings. The Bertz CT molecular complexity index is 817. The molecule has 0 amide bonds. The van der Waals surface area contributed by atoms with Crippen molar-refractivity contribution >= 4 is 13.8 Å². The Morgan fingerprint density at radius 3 is 1.52 bits per heavy atom. The van der Waals surface area contributed by atoms with Gasteiger partial charge in [0.25, 0.3) is 7.82 Å². The van der Waals surface area contributed by atoms with E-state index in [2.05, 4.69) is 26.0 Å². The average molecular weight is 732 g/mol. The summed E-state index contributed by atoms with van der Waals surface area (Å²) in [4.78, 5) is 25.0. The molecule has 8 nitrogen and oxygen atoms in total. The summed E-state index contributed by atoms with van der Waals surface area (Å²) in [6, 6.07) is 0. The smallest absolute Gasteiger partial charge is 0.306 e. The van der Waals surface area contributed by atoms with Crippen molar-refractivity contribution < 1.29 is 37.3 Å². The topological polar surface area (TPSA) is 94.1 Å². The SMILES string of the molecule is CCCCCCCC/C=C\CCCCCCCCOCC(COP(=O)([O-])OCC[N+](C)(C)C)OC(=O)CCCCCCCCCCCCCC. The number of carbonyl (C=O) groups excluding carboxylic acids is 1. The molecule has 0 radical (unpaired) electrons. The van der Waals surface area contributed by atoms with Crippen LogP contribution in [0.4, 0.5) is 0 Å². The lowest BCUT2D eigenvalue weighted by molar-refractivity contribution is -0.870. The first kappa shape index (κ1) is 49.2. The minimum absolute atomic E-state index is 0.0279. The van der Waals surface area contributed by atoms with Crippen LogP contribution >= 0.6 is 7.82 Å². The van der Waals surface area contributed by atoms with Crippen molar-refractivity contribution in [3.05, 3.63) is 12.2 Å². The lowest BCUT2D eigenvalue weighted by Crippen LogP contribution is -2.37. The molecule has 2 atom stereocenters. The number of ether oxygens (including phenoxy) is 2. The highest BCUT2D eigenvalue weighted by molar-refractivity contribution is 7.45. The lowest BCUT2D eigenvalue weighted by atomic mass is 10.0. The molecule has 0 fully saturated rings. The maximum absolute atomic E-state index is 12.6. The van der Waals surface area contributed by atoms with Gasteiger partial charge in [0.2, 0.25) is 0 Å². The number of hydrogen-bond acceptors (Lipinski definition) is 7. The highest BCUT2D eigenvalue weighted by Gasteiger charge is 2.20. The first-order valence-corrected chi connectivity index (χ1v) is 22.4. The molecular formula is C41H82NO7P. The normalized spacial score (nSPS) is 14.0. The van der Waals surface area contributed by atoms with E-state index in [0.29, 0.717) is 24.1 Å². The molecule has 0 aromatic heterocycles. The first-order chi connectivity index (χ1) is 24.1. The van der Waals surface area contributed by atoms with Crippen molar-refractivity contribution in [1.29, 1.82) is 0 Å². The number of esters is 1. The van der Waals surface area contributed by atoms with Crippen LogP contribution in [-0.4, -0.2) is 70.7 Å². The second-order valence-electron chi connectivity index (χ2n) is 15.4. The van der Waals surface area contributed by atoms with Crippen molar-refractivity contribution in [1.82, 2.24) is 0 Å². The third kappa shape index (κ3) is 38.5. The summed E-state index contributed by atoms with van der Waals surface area (Å²) in [6.45, 7) is 5.41. The summed E-state index contributed by atoms with van der Waals surface area (Å²) in [5.41, 5.74) is 0. The van der Waals surface area contributed by atoms with E-state index in [1.807, 2.05) is 21.1 Å². The molecule has 0 aliphatic rings. The van der Waals surface area contributed by atoms with Crippen LogP contribution < -0.4 is 4.89 Å². The minimum atomic E-state index is -4.51. The highest BCUT2D eigenvalue weighted by Crippen LogP contribution is 2.38. The largest absolute Gasteiger partial charge is 0.756 e. The molecule has 2 unspecified atom stereocenters. The fourth-order valence-electron chi connectivity index (χ4n) is 5.78. The number of nitrogens with zero attached hydrogens (tertiary/aromatic N) is 1. The van der Waals surface area contributed by atoms with Gasteiger partial charge in [0.1, 0.15) is 19.3 Å². The summed E-state index contributed by atoms with van der Waals surface area (Å²) >= 11 is 0. The number of likely N-dealkylation sites (N-methyl/N-ethyl adjacent to an activating group) is 1. The van der Waals surface area contributed by atoms with Crippen LogP contribution in [0.1, 0.15) is 187 Å². The summed E-state index contributed by atoms with van der Waals surface area (Å²) in [5.74, 6) is -0.335. The summed E-state index contributed by atoms with van der Waals surface area (Å²) in [7, 11) is 1.36. The second-order valence-corrected chi connectivity index (χ2v) is 16.8. The Balaban J connectivity index is 4.24. The van der Waals surface area contributed by atoms with Gasteiger partial charge in [-0.3, -0.25) is 9.36 Å². The lowest BCUT2D eigenvalue weighted by Gasteiger charge is -2.28. The minimum Gasteiger partial charge on any atom is -0.756 e. The molecule has 0 N–H and O–H groups in total. The van der Waals surface area contributed by atoms with Crippen LogP contribution in [0.15, 0.2) is 12.2 Å². The van der Waals surface area contributed by atoms with E-state index in [1.54, 1.807) is 0 Å². The van der Waals surface area contributed by atoms with Crippen molar-refractivity contribution in [2.24, 2.45) is 0 Å². The number of unbranched alkanes of at least 4 members (excludes halogenated alkanes) is 23. The summed E-state index contributed by atoms with van der Waals surface area (Å²) in [5, 5.41) is 0. The van der Waals surface area contributed by atoms with Gasteiger partial charge < -0.3 is 27.9 Å². The number of allylic oxidation sites excluding steroid dienone is 2. The molecule has 0 heterocycles. The second kappa shape index (κ2) is 35.3. The van der Waals surface area contributed by atoms with Gasteiger partial charge >= 0.3 is 5.97 Å². The Morgan fingerprint density at radius 1 is 0.600 bits per heavy atom. The van der Waals surface area contributed by atoms with Crippen LogP contribution in [0.25, 0.3) is 0 Å². The van der Waals surface area contributed by atoms with Gasteiger partial charge in [-0.2, -0.15) is 0 Å². The molecule has 0 rings (SSSR count). The van der Waals surface area contributed by atoms with Gasteiger partial charge in [-0.1, -0.05) is 154 Å². The molecule has 0 saturated carbocycles. The summed E-state index contributed by atoms with van der Waals surface area (Å²) < 4.78 is 34.5. The number of phosphoric ester groups is 1. The molecule has 0 spiro atoms. The van der Waals surface area contributed by atoms with Gasteiger partial charge in [-0.05, 0) is 38.5 Å². The van der Waals surface area contributed by atoms with Crippen molar-refractivity contribution in [2.45, 2.75) is 193 Å². The third-order valence-corrected chi connectivity index (χ3v) is 10.0. The van der Waals surface area contributed by atoms with Crippen LogP contribution in [0.3, 0.4) is 0 Å². The number of rotatable bonds is 39. The van der Waals surface area contributed by atoms with Gasteiger partial charge in [0.15, 0.2) is 0 Å². The van der Waals surface area contributed by atoms with E-state index in [4.69, 9.17) is 18.5 Å². The van der Waals surface area contributed by atoms with E-state index in [0.717, 1.165) is 32.1 Å². The molecule has 0 saturated heterocycles. The third-order valence-electron chi connectivity index (χ3n) is 9.07. The fraction of sp³-hybridized carbons (Fsp3) is 0.927. The van der Waals surface area contributed by atoms with Crippen LogP contribution in [-0.2, 0) is 27.9 Å². The molecular weight excluding hydrogens is 649 g/mol. The Hall–Kier alpha value is -0.760. The Morgan fingerprint density at radius 2 is 1.04 bits per heavy atom. The Labute approximate surface area is 310 Å². The predicted octanol–water partition coefficient (Wildman–Crippen LogP) is 11.3. The Kier molecular flexibility index (Phi) is 34.7. The van der Waals surface area contributed by atoms with Crippen molar-refractivity contribution in [2.75, 3.05) is 54.1 Å². The maximum atomic E-state index is 12.6. The van der Waals surface area contributed by atoms with Gasteiger partial charge in [0, 0.05) is 13.0 Å².